The molecular formula is C14H19FN2O3. The van der Waals surface area contributed by atoms with Gasteiger partial charge in [0.05, 0.1) is 6.42 Å². The van der Waals surface area contributed by atoms with Gasteiger partial charge in [-0.3, -0.25) is 4.79 Å². The van der Waals surface area contributed by atoms with E-state index in [0.29, 0.717) is 12.1 Å². The highest BCUT2D eigenvalue weighted by Gasteiger charge is 2.20. The average Bonchev–Trinajstić information content (AvgIpc) is 2.36. The van der Waals surface area contributed by atoms with Crippen LogP contribution in [0.2, 0.25) is 0 Å². The maximum atomic E-state index is 13.0. The molecule has 6 heteroatoms. The molecule has 1 aromatic rings. The van der Waals surface area contributed by atoms with E-state index >= 15 is 0 Å². The molecule has 0 aliphatic carbocycles. The molecule has 0 saturated heterocycles. The van der Waals surface area contributed by atoms with Crippen LogP contribution in [-0.4, -0.2) is 34.6 Å². The van der Waals surface area contributed by atoms with Crippen molar-refractivity contribution >= 4 is 12.0 Å². The fraction of sp³-hybridized carbons (Fsp3) is 0.429. The lowest BCUT2D eigenvalue weighted by molar-refractivity contribution is -0.138. The largest absolute Gasteiger partial charge is 0.481 e. The van der Waals surface area contributed by atoms with Gasteiger partial charge in [-0.1, -0.05) is 12.1 Å². The van der Waals surface area contributed by atoms with Gasteiger partial charge in [0, 0.05) is 19.1 Å². The Hall–Kier alpha value is -2.11. The van der Waals surface area contributed by atoms with E-state index in [9.17, 15) is 14.0 Å². The number of carboxylic acids is 1. The lowest BCUT2D eigenvalue weighted by Gasteiger charge is -2.27. The highest BCUT2D eigenvalue weighted by Crippen LogP contribution is 2.06. The molecule has 2 amide bonds. The van der Waals surface area contributed by atoms with Crippen LogP contribution >= 0.6 is 0 Å². The molecule has 1 unspecified atom stereocenters. The molecule has 1 atom stereocenters. The predicted octanol–water partition coefficient (Wildman–Crippen LogP) is 2.22. The van der Waals surface area contributed by atoms with Crippen LogP contribution in [0.25, 0.3) is 0 Å². The summed E-state index contributed by atoms with van der Waals surface area (Å²) in [6.45, 7) is 4.07. The van der Waals surface area contributed by atoms with Gasteiger partial charge in [0.1, 0.15) is 5.82 Å². The molecular weight excluding hydrogens is 263 g/mol. The van der Waals surface area contributed by atoms with Gasteiger partial charge in [-0.05, 0) is 31.5 Å². The molecule has 1 rings (SSSR count). The molecule has 110 valence electrons. The molecule has 2 N–H and O–H groups in total. The second-order valence-electron chi connectivity index (χ2n) is 4.52. The van der Waals surface area contributed by atoms with Crippen molar-refractivity contribution in [1.29, 1.82) is 0 Å². The normalized spacial score (nSPS) is 11.8. The first-order valence-electron chi connectivity index (χ1n) is 6.44. The number of urea groups is 1. The minimum atomic E-state index is -0.950. The van der Waals surface area contributed by atoms with Crippen molar-refractivity contribution in [3.05, 3.63) is 35.6 Å². The van der Waals surface area contributed by atoms with Gasteiger partial charge in [0.2, 0.25) is 0 Å². The SMILES string of the molecule is CCN(C(=O)NCc1cccc(F)c1)C(C)CC(=O)O. The van der Waals surface area contributed by atoms with Crippen LogP contribution in [0.5, 0.6) is 0 Å². The minimum Gasteiger partial charge on any atom is -0.481 e. The molecule has 0 fully saturated rings. The zero-order chi connectivity index (χ0) is 15.1. The molecule has 0 spiro atoms. The summed E-state index contributed by atoms with van der Waals surface area (Å²) < 4.78 is 13.0. The molecule has 5 nitrogen and oxygen atoms in total. The summed E-state index contributed by atoms with van der Waals surface area (Å²) >= 11 is 0. The van der Waals surface area contributed by atoms with Gasteiger partial charge in [-0.15, -0.1) is 0 Å². The molecule has 0 aromatic heterocycles. The van der Waals surface area contributed by atoms with Gasteiger partial charge in [0.25, 0.3) is 0 Å². The van der Waals surface area contributed by atoms with Crippen LogP contribution in [0.4, 0.5) is 9.18 Å². The maximum absolute atomic E-state index is 13.0. The van der Waals surface area contributed by atoms with Gasteiger partial charge in [0.15, 0.2) is 0 Å². The summed E-state index contributed by atoms with van der Waals surface area (Å²) in [6.07, 6.45) is -0.110. The number of nitrogens with one attached hydrogen (secondary N) is 1. The van der Waals surface area contributed by atoms with E-state index in [1.165, 1.54) is 17.0 Å². The van der Waals surface area contributed by atoms with Gasteiger partial charge in [-0.2, -0.15) is 0 Å². The molecule has 0 aliphatic rings. The number of carboxylic acid groups (broad SMARTS) is 1. The Morgan fingerprint density at radius 1 is 1.45 bits per heavy atom. The zero-order valence-corrected chi connectivity index (χ0v) is 11.6. The molecule has 20 heavy (non-hydrogen) atoms. The lowest BCUT2D eigenvalue weighted by atomic mass is 10.2. The summed E-state index contributed by atoms with van der Waals surface area (Å²) in [5, 5.41) is 11.4. The Morgan fingerprint density at radius 2 is 2.15 bits per heavy atom. The highest BCUT2D eigenvalue weighted by atomic mass is 19.1. The van der Waals surface area contributed by atoms with Crippen molar-refractivity contribution in [3.8, 4) is 0 Å². The van der Waals surface area contributed by atoms with E-state index in [4.69, 9.17) is 5.11 Å². The number of nitrogens with zero attached hydrogens (tertiary/aromatic N) is 1. The Labute approximate surface area is 117 Å². The summed E-state index contributed by atoms with van der Waals surface area (Å²) in [7, 11) is 0. The van der Waals surface area contributed by atoms with E-state index < -0.39 is 12.0 Å². The third kappa shape index (κ3) is 4.87. The van der Waals surface area contributed by atoms with E-state index in [1.54, 1.807) is 26.0 Å². The monoisotopic (exact) mass is 282 g/mol. The van der Waals surface area contributed by atoms with E-state index in [0.717, 1.165) is 0 Å². The van der Waals surface area contributed by atoms with Crippen molar-refractivity contribution in [2.75, 3.05) is 6.54 Å². The van der Waals surface area contributed by atoms with E-state index in [2.05, 4.69) is 5.32 Å². The van der Waals surface area contributed by atoms with Crippen molar-refractivity contribution in [1.82, 2.24) is 10.2 Å². The maximum Gasteiger partial charge on any atom is 0.317 e. The summed E-state index contributed by atoms with van der Waals surface area (Å²) in [5.41, 5.74) is 0.653. The Kier molecular flexibility index (Phi) is 5.96. The fourth-order valence-electron chi connectivity index (χ4n) is 1.94. The average molecular weight is 282 g/mol. The number of carbonyl (C=O) groups excluding carboxylic acids is 1. The lowest BCUT2D eigenvalue weighted by Crippen LogP contribution is -2.45. The van der Waals surface area contributed by atoms with Crippen LogP contribution in [-0.2, 0) is 11.3 Å². The van der Waals surface area contributed by atoms with Gasteiger partial charge >= 0.3 is 12.0 Å². The molecule has 0 aliphatic heterocycles. The van der Waals surface area contributed by atoms with E-state index in [-0.39, 0.29) is 24.8 Å². The Bertz CT molecular complexity index is 479. The standard InChI is InChI=1S/C14H19FN2O3/c1-3-17(10(2)7-13(18)19)14(20)16-9-11-5-4-6-12(15)8-11/h4-6,8,10H,3,7,9H2,1-2H3,(H,16,20)(H,18,19). The van der Waals surface area contributed by atoms with Crippen LogP contribution in [0, 0.1) is 5.82 Å². The number of hydrogen-bond acceptors (Lipinski definition) is 2. The highest BCUT2D eigenvalue weighted by molar-refractivity contribution is 5.75. The molecule has 1 aromatic carbocycles. The number of halogens is 1. The number of carbonyl (C=O) groups is 2. The number of benzene rings is 1. The van der Waals surface area contributed by atoms with Crippen LogP contribution in [0.3, 0.4) is 0 Å². The Balaban J connectivity index is 2.57. The van der Waals surface area contributed by atoms with Gasteiger partial charge in [-0.25, -0.2) is 9.18 Å². The third-order valence-corrected chi connectivity index (χ3v) is 2.94. The minimum absolute atomic E-state index is 0.110. The van der Waals surface area contributed by atoms with Crippen molar-refractivity contribution < 1.29 is 19.1 Å². The first-order chi connectivity index (χ1) is 9.43. The molecule has 0 bridgehead atoms. The second kappa shape index (κ2) is 7.47. The zero-order valence-electron chi connectivity index (χ0n) is 11.6. The number of aliphatic carboxylic acids is 1. The molecule has 0 radical (unpaired) electrons. The smallest absolute Gasteiger partial charge is 0.317 e. The predicted molar refractivity (Wildman–Crippen MR) is 72.7 cm³/mol. The summed E-state index contributed by atoms with van der Waals surface area (Å²) in [5.74, 6) is -1.31. The summed E-state index contributed by atoms with van der Waals surface area (Å²) in [4.78, 5) is 24.1. The van der Waals surface area contributed by atoms with E-state index in [1.807, 2.05) is 0 Å². The molecule has 0 saturated carbocycles. The first-order valence-corrected chi connectivity index (χ1v) is 6.44. The summed E-state index contributed by atoms with van der Waals surface area (Å²) in [6, 6.07) is 5.20. The molecule has 0 heterocycles. The van der Waals surface area contributed by atoms with Crippen LogP contribution in [0.1, 0.15) is 25.8 Å². The number of amides is 2. The fourth-order valence-corrected chi connectivity index (χ4v) is 1.94. The second-order valence-corrected chi connectivity index (χ2v) is 4.52. The van der Waals surface area contributed by atoms with Crippen molar-refractivity contribution in [2.45, 2.75) is 32.9 Å². The van der Waals surface area contributed by atoms with Crippen molar-refractivity contribution in [3.63, 3.8) is 0 Å². The van der Waals surface area contributed by atoms with Crippen molar-refractivity contribution in [2.24, 2.45) is 0 Å². The quantitative estimate of drug-likeness (QED) is 0.840. The van der Waals surface area contributed by atoms with Gasteiger partial charge < -0.3 is 15.3 Å². The van der Waals surface area contributed by atoms with Crippen LogP contribution in [0.15, 0.2) is 24.3 Å². The number of rotatable bonds is 6. The Morgan fingerprint density at radius 3 is 2.70 bits per heavy atom. The topological polar surface area (TPSA) is 69.6 Å². The number of hydrogen-bond donors (Lipinski definition) is 2. The van der Waals surface area contributed by atoms with Crippen LogP contribution < -0.4 is 5.32 Å². The first kappa shape index (κ1) is 15.9. The third-order valence-electron chi connectivity index (χ3n) is 2.94.